The molecule has 2 saturated heterocycles. The van der Waals surface area contributed by atoms with Crippen LogP contribution >= 0.6 is 24.0 Å². The van der Waals surface area contributed by atoms with Crippen LogP contribution in [0.4, 0.5) is 5.95 Å². The summed E-state index contributed by atoms with van der Waals surface area (Å²) in [5.74, 6) is 2.75. The predicted molar refractivity (Wildman–Crippen MR) is 123 cm³/mol. The molecule has 2 fully saturated rings. The Hall–Kier alpha value is -1.03. The van der Waals surface area contributed by atoms with Crippen molar-refractivity contribution in [2.75, 3.05) is 58.8 Å². The molecule has 0 spiro atoms. The van der Waals surface area contributed by atoms with Crippen LogP contribution in [-0.2, 0) is 13.6 Å². The summed E-state index contributed by atoms with van der Waals surface area (Å²) in [6.45, 7) is 6.80. The van der Waals surface area contributed by atoms with E-state index in [1.807, 2.05) is 32.2 Å². The molecule has 1 N–H and O–H groups in total. The van der Waals surface area contributed by atoms with E-state index < -0.39 is 0 Å². The third-order valence-corrected chi connectivity index (χ3v) is 5.65. The van der Waals surface area contributed by atoms with Gasteiger partial charge < -0.3 is 24.6 Å². The van der Waals surface area contributed by atoms with Crippen LogP contribution in [0.2, 0.25) is 0 Å². The van der Waals surface area contributed by atoms with Crippen molar-refractivity contribution < 1.29 is 0 Å². The Kier molecular flexibility index (Phi) is 8.65. The van der Waals surface area contributed by atoms with E-state index in [2.05, 4.69) is 36.7 Å². The van der Waals surface area contributed by atoms with Crippen LogP contribution in [0, 0.1) is 5.92 Å². The van der Waals surface area contributed by atoms with Gasteiger partial charge in [0.2, 0.25) is 5.95 Å². The van der Waals surface area contributed by atoms with Gasteiger partial charge in [0.15, 0.2) is 5.96 Å². The van der Waals surface area contributed by atoms with Crippen LogP contribution in [0.25, 0.3) is 0 Å². The fourth-order valence-corrected chi connectivity index (χ4v) is 4.20. The number of nitrogens with zero attached hydrogens (tertiary/aromatic N) is 6. The van der Waals surface area contributed by atoms with Gasteiger partial charge in [-0.2, -0.15) is 0 Å². The number of halogens is 1. The van der Waals surface area contributed by atoms with Crippen molar-refractivity contribution in [3.63, 3.8) is 0 Å². The van der Waals surface area contributed by atoms with Crippen LogP contribution < -0.4 is 10.2 Å². The molecule has 2 aliphatic heterocycles. The van der Waals surface area contributed by atoms with Gasteiger partial charge in [0.25, 0.3) is 0 Å². The normalized spacial score (nSPS) is 21.3. The highest BCUT2D eigenvalue weighted by atomic mass is 127. The van der Waals surface area contributed by atoms with Gasteiger partial charge in [-0.1, -0.05) is 6.42 Å². The van der Waals surface area contributed by atoms with Crippen LogP contribution in [0.3, 0.4) is 0 Å². The highest BCUT2D eigenvalue weighted by molar-refractivity contribution is 14.0. The number of piperidine rings is 1. The molecule has 1 unspecified atom stereocenters. The minimum absolute atomic E-state index is 0. The van der Waals surface area contributed by atoms with Gasteiger partial charge in [-0.15, -0.1) is 24.0 Å². The smallest absolute Gasteiger partial charge is 0.204 e. The maximum atomic E-state index is 4.52. The molecule has 0 aliphatic carbocycles. The Morgan fingerprint density at radius 1 is 1.26 bits per heavy atom. The first-order valence-electron chi connectivity index (χ1n) is 9.94. The Morgan fingerprint density at radius 3 is 2.63 bits per heavy atom. The first-order valence-corrected chi connectivity index (χ1v) is 9.94. The standard InChI is InChI=1S/C19H35N7.HI/c1-20-18(21-12-17-13-22-19(23(2)3)24(17)4)26-11-8-16(15-26)14-25-9-6-5-7-10-25;/h13,16H,5-12,14-15H2,1-4H3,(H,20,21);1H. The van der Waals surface area contributed by atoms with Crippen molar-refractivity contribution >= 4 is 35.9 Å². The molecule has 1 aromatic heterocycles. The number of anilines is 1. The first-order chi connectivity index (χ1) is 12.6. The Bertz CT molecular complexity index is 607. The van der Waals surface area contributed by atoms with Crippen molar-refractivity contribution in [1.29, 1.82) is 0 Å². The number of imidazole rings is 1. The second-order valence-electron chi connectivity index (χ2n) is 7.87. The van der Waals surface area contributed by atoms with Crippen LogP contribution in [-0.4, -0.2) is 79.2 Å². The van der Waals surface area contributed by atoms with Gasteiger partial charge in [0.05, 0.1) is 18.4 Å². The number of hydrogen-bond acceptors (Lipinski definition) is 4. The van der Waals surface area contributed by atoms with Gasteiger partial charge in [-0.3, -0.25) is 4.99 Å². The zero-order valence-electron chi connectivity index (χ0n) is 17.3. The number of likely N-dealkylation sites (tertiary alicyclic amines) is 2. The van der Waals surface area contributed by atoms with E-state index >= 15 is 0 Å². The lowest BCUT2D eigenvalue weighted by molar-refractivity contribution is 0.198. The molecule has 0 amide bonds. The third kappa shape index (κ3) is 5.73. The van der Waals surface area contributed by atoms with E-state index in [0.717, 1.165) is 37.5 Å². The number of rotatable bonds is 5. The fourth-order valence-electron chi connectivity index (χ4n) is 4.20. The minimum atomic E-state index is 0. The maximum absolute atomic E-state index is 4.52. The molecule has 3 heterocycles. The molecule has 0 saturated carbocycles. The van der Waals surface area contributed by atoms with E-state index in [1.165, 1.54) is 51.0 Å². The van der Waals surface area contributed by atoms with Crippen molar-refractivity contribution in [3.8, 4) is 0 Å². The van der Waals surface area contributed by atoms with Gasteiger partial charge in [0, 0.05) is 47.8 Å². The Balaban J connectivity index is 0.00000261. The number of nitrogens with one attached hydrogen (secondary N) is 1. The number of aliphatic imine (C=N–C) groups is 1. The molecule has 0 aromatic carbocycles. The first kappa shape index (κ1) is 22.3. The molecular weight excluding hydrogens is 453 g/mol. The lowest BCUT2D eigenvalue weighted by Crippen LogP contribution is -2.41. The lowest BCUT2D eigenvalue weighted by atomic mass is 10.1. The topological polar surface area (TPSA) is 51.9 Å². The Labute approximate surface area is 181 Å². The maximum Gasteiger partial charge on any atom is 0.204 e. The molecular formula is C19H36IN7. The summed E-state index contributed by atoms with van der Waals surface area (Å²) < 4.78 is 2.13. The second kappa shape index (κ2) is 10.5. The van der Waals surface area contributed by atoms with E-state index in [1.54, 1.807) is 0 Å². The molecule has 8 heteroatoms. The summed E-state index contributed by atoms with van der Waals surface area (Å²) in [5.41, 5.74) is 1.17. The van der Waals surface area contributed by atoms with Crippen LogP contribution in [0.1, 0.15) is 31.4 Å². The zero-order valence-corrected chi connectivity index (χ0v) is 19.6. The highest BCUT2D eigenvalue weighted by Gasteiger charge is 2.27. The molecule has 3 rings (SSSR count). The Morgan fingerprint density at radius 2 is 2.00 bits per heavy atom. The number of hydrogen-bond donors (Lipinski definition) is 1. The minimum Gasteiger partial charge on any atom is -0.351 e. The largest absolute Gasteiger partial charge is 0.351 e. The predicted octanol–water partition coefficient (Wildman–Crippen LogP) is 1.99. The van der Waals surface area contributed by atoms with Gasteiger partial charge in [-0.05, 0) is 38.3 Å². The molecule has 1 atom stereocenters. The van der Waals surface area contributed by atoms with E-state index in [-0.39, 0.29) is 24.0 Å². The van der Waals surface area contributed by atoms with E-state index in [9.17, 15) is 0 Å². The number of aromatic nitrogens is 2. The van der Waals surface area contributed by atoms with Gasteiger partial charge in [0.1, 0.15) is 0 Å². The van der Waals surface area contributed by atoms with Crippen LogP contribution in [0.5, 0.6) is 0 Å². The molecule has 2 aliphatic rings. The average Bonchev–Trinajstić information content (AvgIpc) is 3.24. The molecule has 7 nitrogen and oxygen atoms in total. The number of guanidine groups is 1. The molecule has 0 bridgehead atoms. The summed E-state index contributed by atoms with van der Waals surface area (Å²) in [7, 11) is 7.98. The summed E-state index contributed by atoms with van der Waals surface area (Å²) in [6, 6.07) is 0. The SMILES string of the molecule is CN=C(NCc1cnc(N(C)C)n1C)N1CCC(CN2CCCCC2)C1.I. The summed E-state index contributed by atoms with van der Waals surface area (Å²) in [5, 5.41) is 3.53. The highest BCUT2D eigenvalue weighted by Crippen LogP contribution is 2.20. The molecule has 154 valence electrons. The van der Waals surface area contributed by atoms with Gasteiger partial charge in [-0.25, -0.2) is 4.98 Å². The van der Waals surface area contributed by atoms with Crippen LogP contribution in [0.15, 0.2) is 11.2 Å². The molecule has 0 radical (unpaired) electrons. The van der Waals surface area contributed by atoms with Gasteiger partial charge >= 0.3 is 0 Å². The lowest BCUT2D eigenvalue weighted by Gasteiger charge is -2.29. The van der Waals surface area contributed by atoms with Crippen molar-refractivity contribution in [2.45, 2.75) is 32.2 Å². The van der Waals surface area contributed by atoms with E-state index in [0.29, 0.717) is 0 Å². The quantitative estimate of drug-likeness (QED) is 0.390. The van der Waals surface area contributed by atoms with Crippen molar-refractivity contribution in [2.24, 2.45) is 18.0 Å². The fraction of sp³-hybridized carbons (Fsp3) is 0.789. The molecule has 1 aromatic rings. The van der Waals surface area contributed by atoms with E-state index in [4.69, 9.17) is 0 Å². The zero-order chi connectivity index (χ0) is 18.5. The summed E-state index contributed by atoms with van der Waals surface area (Å²) in [4.78, 5) is 16.1. The van der Waals surface area contributed by atoms with Crippen molar-refractivity contribution in [1.82, 2.24) is 24.7 Å². The second-order valence-corrected chi connectivity index (χ2v) is 7.87. The third-order valence-electron chi connectivity index (χ3n) is 5.65. The average molecular weight is 489 g/mol. The van der Waals surface area contributed by atoms with Crippen molar-refractivity contribution in [3.05, 3.63) is 11.9 Å². The summed E-state index contributed by atoms with van der Waals surface area (Å²) in [6.07, 6.45) is 7.37. The summed E-state index contributed by atoms with van der Waals surface area (Å²) >= 11 is 0. The monoisotopic (exact) mass is 489 g/mol. The molecule has 27 heavy (non-hydrogen) atoms.